The van der Waals surface area contributed by atoms with Crippen molar-refractivity contribution in [2.75, 3.05) is 0 Å². The highest BCUT2D eigenvalue weighted by atomic mass is 16.5. The van der Waals surface area contributed by atoms with Gasteiger partial charge in [0, 0.05) is 39.6 Å². The topological polar surface area (TPSA) is 60.8 Å². The van der Waals surface area contributed by atoms with Crippen LogP contribution < -0.4 is 4.74 Å². The van der Waals surface area contributed by atoms with E-state index in [0.717, 1.165) is 50.6 Å². The fourth-order valence-electron chi connectivity index (χ4n) is 7.65. The fourth-order valence-corrected chi connectivity index (χ4v) is 7.65. The Morgan fingerprint density at radius 2 is 0.880 bits per heavy atom. The highest BCUT2D eigenvalue weighted by Crippen LogP contribution is 2.62. The van der Waals surface area contributed by atoms with E-state index in [2.05, 4.69) is 84.9 Å². The van der Waals surface area contributed by atoms with Crippen molar-refractivity contribution in [2.24, 2.45) is 0 Å². The van der Waals surface area contributed by atoms with E-state index < -0.39 is 5.41 Å². The molecule has 5 nitrogen and oxygen atoms in total. The number of fused-ring (bicyclic) bond motifs is 9. The molecule has 8 aromatic rings. The molecular weight excluding hydrogens is 613 g/mol. The Hall–Kier alpha value is -6.72. The molecule has 1 aliphatic heterocycles. The van der Waals surface area contributed by atoms with E-state index >= 15 is 0 Å². The Labute approximate surface area is 289 Å². The minimum Gasteiger partial charge on any atom is -0.457 e. The number of hydrogen-bond donors (Lipinski definition) is 0. The zero-order valence-corrected chi connectivity index (χ0v) is 26.9. The Balaban J connectivity index is 1.11. The third kappa shape index (κ3) is 4.27. The van der Waals surface area contributed by atoms with Crippen molar-refractivity contribution in [3.05, 3.63) is 192 Å². The number of benzene rings is 6. The van der Waals surface area contributed by atoms with Crippen LogP contribution in [-0.4, -0.2) is 19.9 Å². The molecule has 0 unspecified atom stereocenters. The molecule has 234 valence electrons. The van der Waals surface area contributed by atoms with Gasteiger partial charge in [-0.3, -0.25) is 4.98 Å². The van der Waals surface area contributed by atoms with Gasteiger partial charge in [0.15, 0.2) is 17.5 Å². The zero-order valence-electron chi connectivity index (χ0n) is 26.9. The van der Waals surface area contributed by atoms with Gasteiger partial charge >= 0.3 is 0 Å². The molecule has 2 aliphatic rings. The van der Waals surface area contributed by atoms with Gasteiger partial charge in [0.2, 0.25) is 0 Å². The van der Waals surface area contributed by atoms with Gasteiger partial charge < -0.3 is 4.74 Å². The summed E-state index contributed by atoms with van der Waals surface area (Å²) in [6.07, 6.45) is 1.86. The molecule has 0 bridgehead atoms. The van der Waals surface area contributed by atoms with E-state index in [1.165, 1.54) is 22.3 Å². The molecule has 0 N–H and O–H groups in total. The lowest BCUT2D eigenvalue weighted by Crippen LogP contribution is -2.32. The number of para-hydroxylation sites is 1. The molecule has 0 radical (unpaired) electrons. The van der Waals surface area contributed by atoms with Gasteiger partial charge in [-0.2, -0.15) is 0 Å². The molecule has 6 aromatic carbocycles. The molecule has 3 heterocycles. The lowest BCUT2D eigenvalue weighted by molar-refractivity contribution is 0.436. The summed E-state index contributed by atoms with van der Waals surface area (Å²) in [4.78, 5) is 19.6. The normalized spacial score (nSPS) is 13.1. The van der Waals surface area contributed by atoms with Crippen LogP contribution in [0.25, 0.3) is 56.5 Å². The van der Waals surface area contributed by atoms with Crippen molar-refractivity contribution >= 4 is 0 Å². The minimum absolute atomic E-state index is 0.528. The van der Waals surface area contributed by atoms with E-state index in [4.69, 9.17) is 24.7 Å². The first-order chi connectivity index (χ1) is 24.8. The van der Waals surface area contributed by atoms with E-state index in [1.807, 2.05) is 85.1 Å². The summed E-state index contributed by atoms with van der Waals surface area (Å²) in [6, 6.07) is 56.5. The number of ether oxygens (including phenoxy) is 1. The van der Waals surface area contributed by atoms with Crippen molar-refractivity contribution in [2.45, 2.75) is 5.41 Å². The molecule has 0 fully saturated rings. The van der Waals surface area contributed by atoms with Crippen LogP contribution in [-0.2, 0) is 5.41 Å². The van der Waals surface area contributed by atoms with Crippen LogP contribution in [0.1, 0.15) is 22.3 Å². The van der Waals surface area contributed by atoms with Crippen molar-refractivity contribution in [1.29, 1.82) is 0 Å². The average molecular weight is 641 g/mol. The zero-order chi connectivity index (χ0) is 33.1. The summed E-state index contributed by atoms with van der Waals surface area (Å²) in [7, 11) is 0. The van der Waals surface area contributed by atoms with E-state index in [9.17, 15) is 0 Å². The molecule has 2 aromatic heterocycles. The van der Waals surface area contributed by atoms with Gasteiger partial charge in [0.05, 0.1) is 11.1 Å². The van der Waals surface area contributed by atoms with Crippen molar-refractivity contribution in [1.82, 2.24) is 19.9 Å². The lowest BCUT2D eigenvalue weighted by atomic mass is 9.66. The molecule has 1 aliphatic carbocycles. The number of hydrogen-bond acceptors (Lipinski definition) is 5. The lowest BCUT2D eigenvalue weighted by Gasteiger charge is -2.39. The summed E-state index contributed by atoms with van der Waals surface area (Å²) in [6.45, 7) is 0. The highest BCUT2D eigenvalue weighted by molar-refractivity contribution is 5.89. The number of aromatic nitrogens is 4. The van der Waals surface area contributed by atoms with Crippen LogP contribution in [0.15, 0.2) is 170 Å². The molecule has 10 rings (SSSR count). The third-order valence-corrected chi connectivity index (χ3v) is 9.86. The summed E-state index contributed by atoms with van der Waals surface area (Å²) in [5.74, 6) is 3.55. The van der Waals surface area contributed by atoms with Gasteiger partial charge in [-0.25, -0.2) is 15.0 Å². The summed E-state index contributed by atoms with van der Waals surface area (Å²) >= 11 is 0. The Morgan fingerprint density at radius 3 is 1.48 bits per heavy atom. The first-order valence-electron chi connectivity index (χ1n) is 16.7. The van der Waals surface area contributed by atoms with Crippen LogP contribution in [0.3, 0.4) is 0 Å². The predicted octanol–water partition coefficient (Wildman–Crippen LogP) is 10.4. The standard InChI is InChI=1S/C45H28N4O/c1-3-13-29(14-4-1)42-47-43(30-15-5-2-6-16-30)49-44(48-42)32-23-25-39(46-28-32)31-24-26-41-38(27-31)45(37-21-11-12-22-40(37)50-41)35-19-9-7-17-33(35)34-18-8-10-20-36(34)45/h1-28H. The molecule has 5 heteroatoms. The maximum Gasteiger partial charge on any atom is 0.165 e. The highest BCUT2D eigenvalue weighted by Gasteiger charge is 2.51. The van der Waals surface area contributed by atoms with E-state index in [-0.39, 0.29) is 0 Å². The molecule has 0 amide bonds. The average Bonchev–Trinajstić information content (AvgIpc) is 3.49. The van der Waals surface area contributed by atoms with Gasteiger partial charge in [-0.15, -0.1) is 0 Å². The van der Waals surface area contributed by atoms with E-state index in [1.54, 1.807) is 0 Å². The van der Waals surface area contributed by atoms with Gasteiger partial charge in [-0.05, 0) is 58.7 Å². The molecule has 0 saturated heterocycles. The Kier molecular flexibility index (Phi) is 6.33. The Morgan fingerprint density at radius 1 is 0.380 bits per heavy atom. The molecule has 1 spiro atoms. The van der Waals surface area contributed by atoms with Crippen molar-refractivity contribution < 1.29 is 4.74 Å². The number of rotatable bonds is 4. The largest absolute Gasteiger partial charge is 0.457 e. The second-order valence-corrected chi connectivity index (χ2v) is 12.6. The van der Waals surface area contributed by atoms with E-state index in [0.29, 0.717) is 17.5 Å². The smallest absolute Gasteiger partial charge is 0.165 e. The maximum absolute atomic E-state index is 6.61. The molecule has 0 atom stereocenters. The predicted molar refractivity (Wildman–Crippen MR) is 197 cm³/mol. The van der Waals surface area contributed by atoms with Crippen LogP contribution in [0.4, 0.5) is 0 Å². The van der Waals surface area contributed by atoms with Crippen LogP contribution >= 0.6 is 0 Å². The monoisotopic (exact) mass is 640 g/mol. The Bertz CT molecular complexity index is 2460. The quantitative estimate of drug-likeness (QED) is 0.192. The van der Waals surface area contributed by atoms with Crippen LogP contribution in [0, 0.1) is 0 Å². The maximum atomic E-state index is 6.61. The van der Waals surface area contributed by atoms with Crippen molar-refractivity contribution in [3.8, 4) is 68.0 Å². The minimum atomic E-state index is -0.528. The van der Waals surface area contributed by atoms with Gasteiger partial charge in [0.25, 0.3) is 0 Å². The van der Waals surface area contributed by atoms with Crippen LogP contribution in [0.5, 0.6) is 11.5 Å². The summed E-state index contributed by atoms with van der Waals surface area (Å²) in [5.41, 5.74) is 11.3. The summed E-state index contributed by atoms with van der Waals surface area (Å²) in [5, 5.41) is 0. The number of pyridine rings is 1. The van der Waals surface area contributed by atoms with Crippen molar-refractivity contribution in [3.63, 3.8) is 0 Å². The summed E-state index contributed by atoms with van der Waals surface area (Å²) < 4.78 is 6.61. The van der Waals surface area contributed by atoms with Gasteiger partial charge in [-0.1, -0.05) is 127 Å². The molecular formula is C45H28N4O. The van der Waals surface area contributed by atoms with Crippen LogP contribution in [0.2, 0.25) is 0 Å². The first kappa shape index (κ1) is 28.3. The number of nitrogens with zero attached hydrogens (tertiary/aromatic N) is 4. The molecule has 0 saturated carbocycles. The SMILES string of the molecule is c1ccc(-c2nc(-c3ccccc3)nc(-c3ccc(-c4ccc5c(c4)C4(c6ccccc6O5)c5ccccc5-c5ccccc54)nc3)n2)cc1. The third-order valence-electron chi connectivity index (χ3n) is 9.86. The first-order valence-corrected chi connectivity index (χ1v) is 16.7. The molecule has 50 heavy (non-hydrogen) atoms. The second kappa shape index (κ2) is 11.2. The van der Waals surface area contributed by atoms with Gasteiger partial charge in [0.1, 0.15) is 11.5 Å². The second-order valence-electron chi connectivity index (χ2n) is 12.6. The fraction of sp³-hybridized carbons (Fsp3) is 0.0222.